The summed E-state index contributed by atoms with van der Waals surface area (Å²) in [6.07, 6.45) is 11.8. The van der Waals surface area contributed by atoms with Gasteiger partial charge < -0.3 is 9.80 Å². The molecular weight excluding hydrogens is 785 g/mol. The standard InChI is InChI=1S/C63H60N2/c1-61(2,3)42-21-18-26-46(37-42)64(45-24-12-10-11-13-25-45)49-33-35-55-57(40-49)51-29-14-16-31-53(51)60-56-36-34-50(41-58(56)52-30-15-17-32-54(52)59(55)60)65(47-27-19-22-43(38-47)62(4,5)6)48-28-20-23-44(39-48)63(7,8)9/h10-24,26-41H,25H2,1-9H3. The van der Waals surface area contributed by atoms with Crippen LogP contribution in [-0.4, -0.2) is 0 Å². The van der Waals surface area contributed by atoms with Gasteiger partial charge in [-0.25, -0.2) is 0 Å². The maximum atomic E-state index is 2.47. The molecule has 0 aromatic heterocycles. The summed E-state index contributed by atoms with van der Waals surface area (Å²) >= 11 is 0. The van der Waals surface area contributed by atoms with E-state index in [0.29, 0.717) is 0 Å². The lowest BCUT2D eigenvalue weighted by Crippen LogP contribution is -2.18. The molecule has 0 unspecified atom stereocenters. The molecule has 0 saturated carbocycles. The van der Waals surface area contributed by atoms with Crippen molar-refractivity contribution in [2.45, 2.75) is 85.0 Å². The molecule has 9 aromatic carbocycles. The molecule has 0 aliphatic heterocycles. The fourth-order valence-corrected chi connectivity index (χ4v) is 9.92. The number of nitrogens with zero attached hydrogens (tertiary/aromatic N) is 2. The lowest BCUT2D eigenvalue weighted by Gasteiger charge is -2.30. The van der Waals surface area contributed by atoms with Crippen LogP contribution < -0.4 is 9.80 Å². The van der Waals surface area contributed by atoms with Crippen LogP contribution in [0, 0.1) is 0 Å². The monoisotopic (exact) mass is 844 g/mol. The largest absolute Gasteiger partial charge is 0.314 e. The van der Waals surface area contributed by atoms with Gasteiger partial charge in [0.25, 0.3) is 0 Å². The normalized spacial score (nSPS) is 13.5. The average molecular weight is 845 g/mol. The molecule has 0 heterocycles. The van der Waals surface area contributed by atoms with Crippen LogP contribution in [0.2, 0.25) is 0 Å². The molecule has 0 radical (unpaired) electrons. The van der Waals surface area contributed by atoms with Crippen molar-refractivity contribution in [2.75, 3.05) is 9.80 Å². The van der Waals surface area contributed by atoms with E-state index >= 15 is 0 Å². The molecule has 2 nitrogen and oxygen atoms in total. The Morgan fingerprint density at radius 3 is 1.15 bits per heavy atom. The molecule has 1 aliphatic carbocycles. The van der Waals surface area contributed by atoms with Gasteiger partial charge in [0.1, 0.15) is 0 Å². The average Bonchev–Trinajstić information content (AvgIpc) is 3.58. The first-order valence-electron chi connectivity index (χ1n) is 23.3. The van der Waals surface area contributed by atoms with Crippen LogP contribution in [0.5, 0.6) is 0 Å². The van der Waals surface area contributed by atoms with Crippen LogP contribution in [-0.2, 0) is 16.2 Å². The molecule has 322 valence electrons. The third-order valence-electron chi connectivity index (χ3n) is 13.5. The van der Waals surface area contributed by atoms with Crippen molar-refractivity contribution >= 4 is 82.3 Å². The zero-order valence-corrected chi connectivity index (χ0v) is 39.5. The lowest BCUT2D eigenvalue weighted by atomic mass is 9.86. The number of fused-ring (bicyclic) bond motifs is 11. The maximum Gasteiger partial charge on any atom is 0.0468 e. The second-order valence-electron chi connectivity index (χ2n) is 21.0. The van der Waals surface area contributed by atoms with E-state index in [1.165, 1.54) is 81.9 Å². The van der Waals surface area contributed by atoms with Crippen LogP contribution >= 0.6 is 0 Å². The van der Waals surface area contributed by atoms with Gasteiger partial charge in [0.15, 0.2) is 0 Å². The van der Waals surface area contributed by atoms with E-state index in [0.717, 1.165) is 29.2 Å². The zero-order valence-electron chi connectivity index (χ0n) is 39.5. The van der Waals surface area contributed by atoms with Gasteiger partial charge in [-0.1, -0.05) is 184 Å². The van der Waals surface area contributed by atoms with E-state index in [9.17, 15) is 0 Å². The Kier molecular flexibility index (Phi) is 10.3. The number of hydrogen-bond acceptors (Lipinski definition) is 2. The molecule has 9 aromatic rings. The second kappa shape index (κ2) is 16.0. The molecular formula is C63H60N2. The number of allylic oxidation sites excluding steroid dienone is 5. The van der Waals surface area contributed by atoms with Gasteiger partial charge in [-0.05, 0) is 154 Å². The summed E-state index contributed by atoms with van der Waals surface area (Å²) in [5.41, 5.74) is 11.0. The molecule has 1 aliphatic rings. The fraction of sp³-hybridized carbons (Fsp3) is 0.206. The van der Waals surface area contributed by atoms with Crippen LogP contribution in [0.1, 0.15) is 85.4 Å². The zero-order chi connectivity index (χ0) is 45.3. The highest BCUT2D eigenvalue weighted by Gasteiger charge is 2.24. The van der Waals surface area contributed by atoms with Crippen molar-refractivity contribution in [2.24, 2.45) is 0 Å². The van der Waals surface area contributed by atoms with Crippen molar-refractivity contribution in [1.82, 2.24) is 0 Å². The molecule has 10 rings (SSSR count). The molecule has 0 atom stereocenters. The second-order valence-corrected chi connectivity index (χ2v) is 21.0. The Morgan fingerprint density at radius 1 is 0.323 bits per heavy atom. The number of benzene rings is 9. The SMILES string of the molecule is CC(C)(C)c1cccc(N(C2=CC=CC=CC2)c2ccc3c(c2)c2ccccc2c2c4ccc(N(c5cccc(C(C)(C)C)c5)c5cccc(C(C)(C)C)c5)cc4c4ccccc4c32)c1. The Bertz CT molecular complexity index is 3350. The summed E-state index contributed by atoms with van der Waals surface area (Å²) in [6.45, 7) is 20.7. The molecule has 2 heteroatoms. The van der Waals surface area contributed by atoms with Crippen molar-refractivity contribution in [3.63, 3.8) is 0 Å². The van der Waals surface area contributed by atoms with Crippen LogP contribution in [0.4, 0.5) is 28.4 Å². The third-order valence-corrected chi connectivity index (χ3v) is 13.5. The summed E-state index contributed by atoms with van der Waals surface area (Å²) in [5.74, 6) is 0. The summed E-state index contributed by atoms with van der Waals surface area (Å²) < 4.78 is 0. The van der Waals surface area contributed by atoms with Crippen molar-refractivity contribution in [3.8, 4) is 0 Å². The summed E-state index contributed by atoms with van der Waals surface area (Å²) in [7, 11) is 0. The highest BCUT2D eigenvalue weighted by molar-refractivity contribution is 6.39. The van der Waals surface area contributed by atoms with Gasteiger partial charge in [-0.2, -0.15) is 0 Å². The maximum absolute atomic E-state index is 2.47. The lowest BCUT2D eigenvalue weighted by molar-refractivity contribution is 0.590. The predicted molar refractivity (Wildman–Crippen MR) is 284 cm³/mol. The van der Waals surface area contributed by atoms with E-state index in [2.05, 4.69) is 260 Å². The van der Waals surface area contributed by atoms with Crippen molar-refractivity contribution in [3.05, 3.63) is 210 Å². The van der Waals surface area contributed by atoms with E-state index in [-0.39, 0.29) is 16.2 Å². The highest BCUT2D eigenvalue weighted by atomic mass is 15.2. The summed E-state index contributed by atoms with van der Waals surface area (Å²) in [6, 6.07) is 59.8. The molecule has 0 saturated heterocycles. The number of anilines is 5. The first-order valence-corrected chi connectivity index (χ1v) is 23.3. The Hall–Kier alpha value is -6.90. The third kappa shape index (κ3) is 7.69. The van der Waals surface area contributed by atoms with Gasteiger partial charge in [0, 0.05) is 40.6 Å². The molecule has 0 amide bonds. The van der Waals surface area contributed by atoms with Crippen molar-refractivity contribution < 1.29 is 0 Å². The van der Waals surface area contributed by atoms with Gasteiger partial charge in [0.2, 0.25) is 0 Å². The van der Waals surface area contributed by atoms with Gasteiger partial charge in [0.05, 0.1) is 0 Å². The van der Waals surface area contributed by atoms with E-state index < -0.39 is 0 Å². The van der Waals surface area contributed by atoms with Crippen LogP contribution in [0.3, 0.4) is 0 Å². The topological polar surface area (TPSA) is 6.48 Å². The first-order chi connectivity index (χ1) is 31.1. The Morgan fingerprint density at radius 2 is 0.708 bits per heavy atom. The Balaban J connectivity index is 1.24. The predicted octanol–water partition coefficient (Wildman–Crippen LogP) is 18.4. The van der Waals surface area contributed by atoms with Gasteiger partial charge in [-0.3, -0.25) is 0 Å². The molecule has 0 spiro atoms. The molecule has 0 bridgehead atoms. The van der Waals surface area contributed by atoms with Crippen molar-refractivity contribution in [1.29, 1.82) is 0 Å². The minimum atomic E-state index is 0.00880. The van der Waals surface area contributed by atoms with Gasteiger partial charge >= 0.3 is 0 Å². The van der Waals surface area contributed by atoms with E-state index in [1.807, 2.05) is 0 Å². The summed E-state index contributed by atoms with van der Waals surface area (Å²) in [4.78, 5) is 4.93. The molecule has 65 heavy (non-hydrogen) atoms. The summed E-state index contributed by atoms with van der Waals surface area (Å²) in [5, 5.41) is 12.7. The fourth-order valence-electron chi connectivity index (χ4n) is 9.92. The van der Waals surface area contributed by atoms with Crippen LogP contribution in [0.25, 0.3) is 53.9 Å². The number of rotatable bonds is 6. The quantitative estimate of drug-likeness (QED) is 0.154. The Labute approximate surface area is 385 Å². The first kappa shape index (κ1) is 42.1. The molecule has 0 N–H and O–H groups in total. The highest BCUT2D eigenvalue weighted by Crippen LogP contribution is 2.48. The number of hydrogen-bond donors (Lipinski definition) is 0. The van der Waals surface area contributed by atoms with Crippen LogP contribution in [0.15, 0.2) is 194 Å². The van der Waals surface area contributed by atoms with Gasteiger partial charge in [-0.15, -0.1) is 0 Å². The smallest absolute Gasteiger partial charge is 0.0468 e. The molecule has 0 fully saturated rings. The minimum absolute atomic E-state index is 0.00880. The van der Waals surface area contributed by atoms with E-state index in [1.54, 1.807) is 0 Å². The van der Waals surface area contributed by atoms with E-state index in [4.69, 9.17) is 0 Å². The minimum Gasteiger partial charge on any atom is -0.314 e.